The van der Waals surface area contributed by atoms with Crippen LogP contribution in [0.25, 0.3) is 6.08 Å². The first-order valence-corrected chi connectivity index (χ1v) is 8.66. The number of nitrogens with zero attached hydrogens (tertiary/aromatic N) is 1. The molecule has 25 heavy (non-hydrogen) atoms. The average Bonchev–Trinajstić information content (AvgIpc) is 2.57. The van der Waals surface area contributed by atoms with Crippen LogP contribution in [-0.4, -0.2) is 36.2 Å². The molecule has 2 aromatic rings. The Hall–Kier alpha value is -1.97. The topological polar surface area (TPSA) is 23.5 Å². The molecule has 1 N–H and O–H groups in total. The summed E-state index contributed by atoms with van der Waals surface area (Å²) >= 11 is 0. The van der Waals surface area contributed by atoms with Gasteiger partial charge in [-0.2, -0.15) is 0 Å². The molecule has 0 amide bonds. The molecule has 134 valence electrons. The highest BCUT2D eigenvalue weighted by atomic mass is 19.1. The van der Waals surface area contributed by atoms with Gasteiger partial charge in [-0.3, -0.25) is 0 Å². The van der Waals surface area contributed by atoms with E-state index >= 15 is 0 Å². The minimum atomic E-state index is -1.00. The third-order valence-corrected chi connectivity index (χ3v) is 4.71. The zero-order valence-electron chi connectivity index (χ0n) is 15.5. The van der Waals surface area contributed by atoms with Crippen LogP contribution in [0.4, 0.5) is 4.39 Å². The maximum Gasteiger partial charge on any atom is 0.123 e. The van der Waals surface area contributed by atoms with Gasteiger partial charge in [0.05, 0.1) is 5.60 Å². The highest BCUT2D eigenvalue weighted by Crippen LogP contribution is 2.32. The molecular weight excluding hydrogens is 313 g/mol. The second kappa shape index (κ2) is 8.41. The van der Waals surface area contributed by atoms with Gasteiger partial charge in [0.15, 0.2) is 0 Å². The smallest absolute Gasteiger partial charge is 0.123 e. The fourth-order valence-corrected chi connectivity index (χ4v) is 3.24. The van der Waals surface area contributed by atoms with E-state index in [-0.39, 0.29) is 11.7 Å². The Bertz CT molecular complexity index is 694. The average molecular weight is 341 g/mol. The van der Waals surface area contributed by atoms with Gasteiger partial charge in [-0.15, -0.1) is 0 Å². The summed E-state index contributed by atoms with van der Waals surface area (Å²) in [5.74, 6) is -0.238. The van der Waals surface area contributed by atoms with Gasteiger partial charge in [-0.05, 0) is 49.9 Å². The first-order chi connectivity index (χ1) is 11.8. The van der Waals surface area contributed by atoms with Crippen LogP contribution in [0.3, 0.4) is 0 Å². The van der Waals surface area contributed by atoms with Gasteiger partial charge in [0.1, 0.15) is 5.82 Å². The Labute approximate surface area is 150 Å². The molecule has 0 aliphatic rings. The Morgan fingerprint density at radius 2 is 1.72 bits per heavy atom. The lowest BCUT2D eigenvalue weighted by Crippen LogP contribution is -2.44. The fourth-order valence-electron chi connectivity index (χ4n) is 3.24. The zero-order chi connectivity index (χ0) is 18.4. The molecule has 0 heterocycles. The van der Waals surface area contributed by atoms with Crippen LogP contribution >= 0.6 is 0 Å². The van der Waals surface area contributed by atoms with Gasteiger partial charge in [-0.1, -0.05) is 55.5 Å². The SMILES string of the molecule is C/C(=C\c1ccccc1)C(O)(Cc1ccc(F)cc1)C(C)CN(C)C. The fraction of sp³-hybridized carbons (Fsp3) is 0.364. The minimum absolute atomic E-state index is 0.0208. The maximum absolute atomic E-state index is 13.2. The summed E-state index contributed by atoms with van der Waals surface area (Å²) in [7, 11) is 4.01. The van der Waals surface area contributed by atoms with Gasteiger partial charge >= 0.3 is 0 Å². The van der Waals surface area contributed by atoms with E-state index in [1.54, 1.807) is 12.1 Å². The van der Waals surface area contributed by atoms with Crippen LogP contribution in [0, 0.1) is 11.7 Å². The second-order valence-corrected chi connectivity index (χ2v) is 7.13. The van der Waals surface area contributed by atoms with Gasteiger partial charge in [0.25, 0.3) is 0 Å². The summed E-state index contributed by atoms with van der Waals surface area (Å²) in [4.78, 5) is 2.08. The molecule has 0 radical (unpaired) electrons. The maximum atomic E-state index is 13.2. The summed E-state index contributed by atoms with van der Waals surface area (Å²) in [5.41, 5.74) is 1.90. The molecule has 0 fully saturated rings. The predicted molar refractivity (Wildman–Crippen MR) is 103 cm³/mol. The van der Waals surface area contributed by atoms with Crippen molar-refractivity contribution in [2.45, 2.75) is 25.9 Å². The van der Waals surface area contributed by atoms with Crippen molar-refractivity contribution in [2.75, 3.05) is 20.6 Å². The quantitative estimate of drug-likeness (QED) is 0.807. The van der Waals surface area contributed by atoms with Crippen molar-refractivity contribution in [3.05, 3.63) is 77.1 Å². The van der Waals surface area contributed by atoms with Crippen molar-refractivity contribution in [1.82, 2.24) is 4.90 Å². The normalized spacial score (nSPS) is 15.9. The monoisotopic (exact) mass is 341 g/mol. The Balaban J connectivity index is 2.36. The van der Waals surface area contributed by atoms with Crippen LogP contribution < -0.4 is 0 Å². The lowest BCUT2D eigenvalue weighted by atomic mass is 9.77. The molecular formula is C22H28FNO. The van der Waals surface area contributed by atoms with Crippen LogP contribution in [0.1, 0.15) is 25.0 Å². The van der Waals surface area contributed by atoms with Crippen LogP contribution in [0.2, 0.25) is 0 Å². The summed E-state index contributed by atoms with van der Waals surface area (Å²) in [6.07, 6.45) is 2.49. The number of rotatable bonds is 7. The molecule has 0 saturated heterocycles. The third kappa shape index (κ3) is 5.25. The Morgan fingerprint density at radius 3 is 2.28 bits per heavy atom. The molecule has 0 spiro atoms. The molecule has 2 aromatic carbocycles. The van der Waals surface area contributed by atoms with Crippen LogP contribution in [-0.2, 0) is 6.42 Å². The van der Waals surface area contributed by atoms with Gasteiger partial charge in [-0.25, -0.2) is 4.39 Å². The lowest BCUT2D eigenvalue weighted by Gasteiger charge is -2.37. The summed E-state index contributed by atoms with van der Waals surface area (Å²) in [6, 6.07) is 16.4. The van der Waals surface area contributed by atoms with E-state index in [0.717, 1.165) is 23.2 Å². The molecule has 0 aromatic heterocycles. The summed E-state index contributed by atoms with van der Waals surface area (Å²) in [6.45, 7) is 4.80. The predicted octanol–water partition coefficient (Wildman–Crippen LogP) is 4.40. The van der Waals surface area contributed by atoms with Gasteiger partial charge in [0.2, 0.25) is 0 Å². The lowest BCUT2D eigenvalue weighted by molar-refractivity contribution is 0.0149. The number of hydrogen-bond donors (Lipinski definition) is 1. The molecule has 3 heteroatoms. The van der Waals surface area contributed by atoms with Crippen molar-refractivity contribution in [2.24, 2.45) is 5.92 Å². The minimum Gasteiger partial charge on any atom is -0.385 e. The zero-order valence-corrected chi connectivity index (χ0v) is 15.5. The standard InChI is InChI=1S/C22H28FNO/c1-17(14-19-8-6-5-7-9-19)22(25,18(2)16-24(3)4)15-20-10-12-21(23)13-11-20/h5-14,18,25H,15-16H2,1-4H3/b17-14+. The van der Waals surface area contributed by atoms with Gasteiger partial charge < -0.3 is 10.0 Å². The largest absolute Gasteiger partial charge is 0.385 e. The van der Waals surface area contributed by atoms with Crippen molar-refractivity contribution in [3.63, 3.8) is 0 Å². The summed E-state index contributed by atoms with van der Waals surface area (Å²) < 4.78 is 13.2. The second-order valence-electron chi connectivity index (χ2n) is 7.13. The molecule has 2 unspecified atom stereocenters. The first-order valence-electron chi connectivity index (χ1n) is 8.66. The number of benzene rings is 2. The summed E-state index contributed by atoms with van der Waals surface area (Å²) in [5, 5.41) is 11.6. The van der Waals surface area contributed by atoms with Crippen molar-refractivity contribution >= 4 is 6.08 Å². The van der Waals surface area contributed by atoms with E-state index in [9.17, 15) is 9.50 Å². The molecule has 0 bridgehead atoms. The van der Waals surface area contributed by atoms with E-state index in [1.165, 1.54) is 12.1 Å². The Morgan fingerprint density at radius 1 is 1.12 bits per heavy atom. The highest BCUT2D eigenvalue weighted by molar-refractivity contribution is 5.54. The van der Waals surface area contributed by atoms with Gasteiger partial charge in [0, 0.05) is 18.9 Å². The van der Waals surface area contributed by atoms with Crippen molar-refractivity contribution in [3.8, 4) is 0 Å². The highest BCUT2D eigenvalue weighted by Gasteiger charge is 2.36. The van der Waals surface area contributed by atoms with Crippen LogP contribution in [0.5, 0.6) is 0 Å². The van der Waals surface area contributed by atoms with E-state index in [2.05, 4.69) is 11.8 Å². The number of halogens is 1. The van der Waals surface area contributed by atoms with Crippen molar-refractivity contribution < 1.29 is 9.50 Å². The molecule has 2 nitrogen and oxygen atoms in total. The molecule has 0 aliphatic carbocycles. The molecule has 2 atom stereocenters. The molecule has 0 saturated carbocycles. The van der Waals surface area contributed by atoms with E-state index in [0.29, 0.717) is 6.42 Å². The molecule has 2 rings (SSSR count). The number of hydrogen-bond acceptors (Lipinski definition) is 2. The Kier molecular flexibility index (Phi) is 6.51. The first kappa shape index (κ1) is 19.4. The van der Waals surface area contributed by atoms with E-state index in [1.807, 2.05) is 57.4 Å². The molecule has 0 aliphatic heterocycles. The third-order valence-electron chi connectivity index (χ3n) is 4.71. The van der Waals surface area contributed by atoms with E-state index in [4.69, 9.17) is 0 Å². The number of aliphatic hydroxyl groups is 1. The van der Waals surface area contributed by atoms with Crippen LogP contribution in [0.15, 0.2) is 60.2 Å². The van der Waals surface area contributed by atoms with Crippen molar-refractivity contribution in [1.29, 1.82) is 0 Å². The van der Waals surface area contributed by atoms with E-state index < -0.39 is 5.60 Å².